The van der Waals surface area contributed by atoms with Crippen LogP contribution in [0, 0.1) is 5.41 Å². The average Bonchev–Trinajstić information content (AvgIpc) is 2.63. The normalized spacial score (nSPS) is 22.7. The maximum atomic E-state index is 10.1. The molecule has 0 amide bonds. The molecule has 2 heterocycles. The Bertz CT molecular complexity index is 354. The van der Waals surface area contributed by atoms with Crippen molar-refractivity contribution in [2.24, 2.45) is 5.41 Å². The van der Waals surface area contributed by atoms with Crippen molar-refractivity contribution >= 4 is 0 Å². The number of nitrogens with zero attached hydrogens (tertiary/aromatic N) is 2. The van der Waals surface area contributed by atoms with Crippen LogP contribution in [0.25, 0.3) is 0 Å². The molecule has 0 spiro atoms. The maximum absolute atomic E-state index is 10.1. The van der Waals surface area contributed by atoms with E-state index in [0.29, 0.717) is 39.5 Å². The van der Waals surface area contributed by atoms with Crippen LogP contribution in [-0.2, 0) is 9.47 Å². The van der Waals surface area contributed by atoms with Crippen molar-refractivity contribution in [3.8, 4) is 0 Å². The predicted octanol–water partition coefficient (Wildman–Crippen LogP) is -1.42. The molecule has 0 radical (unpaired) electrons. The lowest BCUT2D eigenvalue weighted by atomic mass is 9.96. The summed E-state index contributed by atoms with van der Waals surface area (Å²) in [6.07, 6.45) is -0.915. The second kappa shape index (κ2) is 12.3. The molecule has 4 N–H and O–H groups in total. The van der Waals surface area contributed by atoms with Crippen molar-refractivity contribution in [2.45, 2.75) is 26.1 Å². The molecule has 0 aliphatic carbocycles. The Morgan fingerprint density at radius 2 is 1.15 bits per heavy atom. The van der Waals surface area contributed by atoms with Gasteiger partial charge in [0.2, 0.25) is 0 Å². The summed E-state index contributed by atoms with van der Waals surface area (Å²) in [5, 5.41) is 26.9. The summed E-state index contributed by atoms with van der Waals surface area (Å²) in [5.74, 6) is 0. The van der Waals surface area contributed by atoms with E-state index in [2.05, 4.69) is 34.3 Å². The van der Waals surface area contributed by atoms with Crippen molar-refractivity contribution in [3.63, 3.8) is 0 Å². The largest absolute Gasteiger partial charge is 0.389 e. The van der Waals surface area contributed by atoms with Crippen LogP contribution in [0.1, 0.15) is 13.8 Å². The fraction of sp³-hybridized carbons (Fsp3) is 1.00. The van der Waals surface area contributed by atoms with E-state index in [9.17, 15) is 10.2 Å². The Hall–Kier alpha value is -0.320. The first-order chi connectivity index (χ1) is 12.9. The molecule has 0 saturated carbocycles. The molecule has 2 aliphatic heterocycles. The predicted molar refractivity (Wildman–Crippen MR) is 106 cm³/mol. The first-order valence-corrected chi connectivity index (χ1v) is 10.3. The van der Waals surface area contributed by atoms with Gasteiger partial charge in [-0.25, -0.2) is 0 Å². The zero-order valence-corrected chi connectivity index (χ0v) is 17.2. The Balaban J connectivity index is 1.51. The number of piperazine rings is 2. The van der Waals surface area contributed by atoms with E-state index < -0.39 is 12.2 Å². The van der Waals surface area contributed by atoms with Crippen LogP contribution in [0.3, 0.4) is 0 Å². The molecule has 8 heteroatoms. The SMILES string of the molecule is CC(C)(COCC(O)CN1CCNCC1)COCC(O)CN1CCNCC1. The number of nitrogens with one attached hydrogen (secondary N) is 2. The number of aliphatic hydroxyl groups is 2. The fourth-order valence-corrected chi connectivity index (χ4v) is 3.47. The fourth-order valence-electron chi connectivity index (χ4n) is 3.47. The number of β-amino-alcohol motifs (C(OH)–C–C–N with tert-alkyl or cyclic N) is 2. The average molecular weight is 389 g/mol. The first kappa shape index (κ1) is 23.0. The third-order valence-corrected chi connectivity index (χ3v) is 4.96. The lowest BCUT2D eigenvalue weighted by Gasteiger charge is -2.30. The Labute approximate surface area is 164 Å². The Morgan fingerprint density at radius 3 is 1.52 bits per heavy atom. The number of aliphatic hydroxyl groups excluding tert-OH is 2. The number of hydrogen-bond acceptors (Lipinski definition) is 8. The minimum Gasteiger partial charge on any atom is -0.389 e. The highest BCUT2D eigenvalue weighted by molar-refractivity contribution is 4.73. The zero-order chi connectivity index (χ0) is 19.5. The van der Waals surface area contributed by atoms with Gasteiger partial charge in [-0.2, -0.15) is 0 Å². The quantitative estimate of drug-likeness (QED) is 0.324. The van der Waals surface area contributed by atoms with E-state index >= 15 is 0 Å². The summed E-state index contributed by atoms with van der Waals surface area (Å²) < 4.78 is 11.5. The lowest BCUT2D eigenvalue weighted by Crippen LogP contribution is -2.47. The Kier molecular flexibility index (Phi) is 10.4. The monoisotopic (exact) mass is 388 g/mol. The summed E-state index contributed by atoms with van der Waals surface area (Å²) >= 11 is 0. The van der Waals surface area contributed by atoms with Crippen molar-refractivity contribution < 1.29 is 19.7 Å². The van der Waals surface area contributed by atoms with Crippen molar-refractivity contribution in [3.05, 3.63) is 0 Å². The van der Waals surface area contributed by atoms with Gasteiger partial charge in [0.15, 0.2) is 0 Å². The third-order valence-electron chi connectivity index (χ3n) is 4.96. The molecule has 2 unspecified atom stereocenters. The van der Waals surface area contributed by atoms with E-state index in [1.807, 2.05) is 0 Å². The van der Waals surface area contributed by atoms with Gasteiger partial charge in [-0.05, 0) is 0 Å². The van der Waals surface area contributed by atoms with Crippen LogP contribution < -0.4 is 10.6 Å². The zero-order valence-electron chi connectivity index (χ0n) is 17.2. The van der Waals surface area contributed by atoms with Gasteiger partial charge in [0, 0.05) is 70.9 Å². The second-order valence-corrected chi connectivity index (χ2v) is 8.60. The molecule has 2 atom stereocenters. The molecule has 0 bridgehead atoms. The van der Waals surface area contributed by atoms with E-state index in [1.54, 1.807) is 0 Å². The van der Waals surface area contributed by atoms with Gasteiger partial charge in [-0.1, -0.05) is 13.8 Å². The van der Waals surface area contributed by atoms with E-state index in [4.69, 9.17) is 9.47 Å². The van der Waals surface area contributed by atoms with Gasteiger partial charge in [0.25, 0.3) is 0 Å². The number of rotatable bonds is 12. The highest BCUT2D eigenvalue weighted by Crippen LogP contribution is 2.16. The molecule has 160 valence electrons. The highest BCUT2D eigenvalue weighted by atomic mass is 16.5. The second-order valence-electron chi connectivity index (χ2n) is 8.60. The van der Waals surface area contributed by atoms with Gasteiger partial charge in [0.1, 0.15) is 0 Å². The van der Waals surface area contributed by atoms with Gasteiger partial charge in [0.05, 0.1) is 38.6 Å². The van der Waals surface area contributed by atoms with Crippen LogP contribution >= 0.6 is 0 Å². The van der Waals surface area contributed by atoms with Crippen molar-refractivity contribution in [1.82, 2.24) is 20.4 Å². The molecular formula is C19H40N4O4. The smallest absolute Gasteiger partial charge is 0.0900 e. The molecular weight excluding hydrogens is 348 g/mol. The molecule has 2 rings (SSSR count). The van der Waals surface area contributed by atoms with E-state index in [-0.39, 0.29) is 5.41 Å². The minimum absolute atomic E-state index is 0.149. The third kappa shape index (κ3) is 10.1. The molecule has 27 heavy (non-hydrogen) atoms. The van der Waals surface area contributed by atoms with Crippen molar-refractivity contribution in [2.75, 3.05) is 91.9 Å². The summed E-state index contributed by atoms with van der Waals surface area (Å²) in [7, 11) is 0. The molecule has 0 aromatic carbocycles. The van der Waals surface area contributed by atoms with Crippen LogP contribution in [0.5, 0.6) is 0 Å². The van der Waals surface area contributed by atoms with Crippen LogP contribution in [0.2, 0.25) is 0 Å². The Morgan fingerprint density at radius 1 is 0.778 bits per heavy atom. The van der Waals surface area contributed by atoms with Gasteiger partial charge >= 0.3 is 0 Å². The topological polar surface area (TPSA) is 89.5 Å². The molecule has 8 nitrogen and oxygen atoms in total. The van der Waals surface area contributed by atoms with E-state index in [0.717, 1.165) is 52.4 Å². The van der Waals surface area contributed by atoms with Crippen molar-refractivity contribution in [1.29, 1.82) is 0 Å². The first-order valence-electron chi connectivity index (χ1n) is 10.3. The standard InChI is InChI=1S/C19H40N4O4/c1-19(2,15-26-13-17(24)11-22-7-3-20-4-8-22)16-27-14-18(25)12-23-9-5-21-6-10-23/h17-18,20-21,24-25H,3-16H2,1-2H3. The molecule has 0 aromatic rings. The van der Waals surface area contributed by atoms with Gasteiger partial charge < -0.3 is 30.3 Å². The van der Waals surface area contributed by atoms with Gasteiger partial charge in [-0.15, -0.1) is 0 Å². The summed E-state index contributed by atoms with van der Waals surface area (Å²) in [5.41, 5.74) is -0.149. The molecule has 0 aromatic heterocycles. The van der Waals surface area contributed by atoms with Gasteiger partial charge in [-0.3, -0.25) is 9.80 Å². The highest BCUT2D eigenvalue weighted by Gasteiger charge is 2.22. The number of ether oxygens (including phenoxy) is 2. The van der Waals surface area contributed by atoms with E-state index in [1.165, 1.54) is 0 Å². The van der Waals surface area contributed by atoms with Crippen LogP contribution in [0.4, 0.5) is 0 Å². The molecule has 2 saturated heterocycles. The van der Waals surface area contributed by atoms with Crippen LogP contribution in [-0.4, -0.2) is 124 Å². The molecule has 2 fully saturated rings. The maximum Gasteiger partial charge on any atom is 0.0900 e. The lowest BCUT2D eigenvalue weighted by molar-refractivity contribution is -0.0532. The summed E-state index contributed by atoms with van der Waals surface area (Å²) in [6, 6.07) is 0. The van der Waals surface area contributed by atoms with Crippen LogP contribution in [0.15, 0.2) is 0 Å². The minimum atomic E-state index is -0.458. The summed E-state index contributed by atoms with van der Waals surface area (Å²) in [6.45, 7) is 15.1. The number of hydrogen-bond donors (Lipinski definition) is 4. The summed E-state index contributed by atoms with van der Waals surface area (Å²) in [4.78, 5) is 4.52. The molecule has 2 aliphatic rings.